The lowest BCUT2D eigenvalue weighted by atomic mass is 10.1. The molecule has 0 radical (unpaired) electrons. The van der Waals surface area contributed by atoms with Gasteiger partial charge in [-0.3, -0.25) is 4.79 Å². The van der Waals surface area contributed by atoms with Crippen LogP contribution in [0.15, 0.2) is 18.2 Å². The number of ether oxygens (including phenoxy) is 1. The maximum atomic E-state index is 12.3. The fraction of sp³-hybridized carbons (Fsp3) is 0.500. The molecule has 6 heteroatoms. The molecule has 0 aromatic heterocycles. The van der Waals surface area contributed by atoms with E-state index in [-0.39, 0.29) is 18.1 Å². The normalized spacial score (nSPS) is 22.0. The first-order valence-corrected chi connectivity index (χ1v) is 7.21. The first kappa shape index (κ1) is 15.6. The summed E-state index contributed by atoms with van der Waals surface area (Å²) in [6.45, 7) is 1.19. The molecule has 0 saturated carbocycles. The summed E-state index contributed by atoms with van der Waals surface area (Å²) in [5, 5.41) is 4.33. The Balaban J connectivity index is 1.97. The maximum absolute atomic E-state index is 12.3. The lowest BCUT2D eigenvalue weighted by molar-refractivity contribution is -0.132. The van der Waals surface area contributed by atoms with Crippen LogP contribution in [0.5, 0.6) is 0 Å². The van der Waals surface area contributed by atoms with E-state index in [1.807, 2.05) is 12.1 Å². The van der Waals surface area contributed by atoms with Gasteiger partial charge < -0.3 is 15.0 Å². The van der Waals surface area contributed by atoms with Gasteiger partial charge in [-0.15, -0.1) is 0 Å². The van der Waals surface area contributed by atoms with Crippen LogP contribution in [0.25, 0.3) is 0 Å². The maximum Gasteiger partial charge on any atom is 0.239 e. The number of carbonyl (C=O) groups is 1. The molecular formula is C14H18Cl2N2O2. The summed E-state index contributed by atoms with van der Waals surface area (Å²) >= 11 is 11.9. The lowest BCUT2D eigenvalue weighted by Gasteiger charge is -2.21. The van der Waals surface area contributed by atoms with Gasteiger partial charge in [-0.05, 0) is 30.2 Å². The molecule has 1 aromatic rings. The van der Waals surface area contributed by atoms with E-state index < -0.39 is 0 Å². The number of amides is 1. The van der Waals surface area contributed by atoms with E-state index in [1.54, 1.807) is 25.1 Å². The van der Waals surface area contributed by atoms with Crippen molar-refractivity contribution in [2.24, 2.45) is 0 Å². The third-order valence-corrected chi connectivity index (χ3v) is 3.88. The molecule has 1 aliphatic heterocycles. The average Bonchev–Trinajstić information content (AvgIpc) is 2.85. The standard InChI is InChI=1S/C14H18Cl2N2O2/c1-18(8-9-3-10(15)5-11(16)4-9)14(19)13-6-12(20-2)7-17-13/h3-5,12-13,17H,6-8H2,1-2H3. The minimum atomic E-state index is -0.181. The summed E-state index contributed by atoms with van der Waals surface area (Å²) in [4.78, 5) is 14.0. The zero-order chi connectivity index (χ0) is 14.7. The second kappa shape index (κ2) is 6.76. The topological polar surface area (TPSA) is 41.6 Å². The molecule has 2 unspecified atom stereocenters. The van der Waals surface area contributed by atoms with E-state index in [4.69, 9.17) is 27.9 Å². The number of nitrogens with zero attached hydrogens (tertiary/aromatic N) is 1. The molecule has 4 nitrogen and oxygen atoms in total. The zero-order valence-corrected chi connectivity index (χ0v) is 13.0. The highest BCUT2D eigenvalue weighted by atomic mass is 35.5. The second-order valence-electron chi connectivity index (χ2n) is 5.03. The average molecular weight is 317 g/mol. The minimum absolute atomic E-state index is 0.0562. The third-order valence-electron chi connectivity index (χ3n) is 3.44. The molecule has 1 fully saturated rings. The third kappa shape index (κ3) is 3.85. The predicted octanol–water partition coefficient (Wildman–Crippen LogP) is 2.33. The van der Waals surface area contributed by atoms with E-state index in [1.165, 1.54) is 0 Å². The molecule has 1 heterocycles. The highest BCUT2D eigenvalue weighted by Crippen LogP contribution is 2.20. The number of nitrogens with one attached hydrogen (secondary N) is 1. The molecule has 1 N–H and O–H groups in total. The van der Waals surface area contributed by atoms with Crippen molar-refractivity contribution in [1.82, 2.24) is 10.2 Å². The van der Waals surface area contributed by atoms with Crippen LogP contribution in [-0.4, -0.2) is 43.7 Å². The number of benzene rings is 1. The van der Waals surface area contributed by atoms with E-state index in [9.17, 15) is 4.79 Å². The molecule has 1 amide bonds. The Morgan fingerprint density at radius 3 is 2.60 bits per heavy atom. The summed E-state index contributed by atoms with van der Waals surface area (Å²) in [5.41, 5.74) is 0.916. The van der Waals surface area contributed by atoms with Gasteiger partial charge in [-0.25, -0.2) is 0 Å². The largest absolute Gasteiger partial charge is 0.380 e. The Hall–Kier alpha value is -0.810. The number of carbonyl (C=O) groups excluding carboxylic acids is 1. The number of likely N-dealkylation sites (N-methyl/N-ethyl adjacent to an activating group) is 1. The lowest BCUT2D eigenvalue weighted by Crippen LogP contribution is -2.41. The molecule has 110 valence electrons. The summed E-state index contributed by atoms with van der Waals surface area (Å²) < 4.78 is 5.25. The Kier molecular flexibility index (Phi) is 5.27. The van der Waals surface area contributed by atoms with Crippen LogP contribution >= 0.6 is 23.2 Å². The van der Waals surface area contributed by atoms with Gasteiger partial charge in [0.15, 0.2) is 0 Å². The molecule has 0 spiro atoms. The number of methoxy groups -OCH3 is 1. The van der Waals surface area contributed by atoms with Gasteiger partial charge in [-0.2, -0.15) is 0 Å². The van der Waals surface area contributed by atoms with Gasteiger partial charge in [0, 0.05) is 37.3 Å². The molecule has 1 aliphatic rings. The molecular weight excluding hydrogens is 299 g/mol. The van der Waals surface area contributed by atoms with E-state index in [0.717, 1.165) is 5.56 Å². The molecule has 0 bridgehead atoms. The van der Waals surface area contributed by atoms with E-state index in [0.29, 0.717) is 29.6 Å². The first-order valence-electron chi connectivity index (χ1n) is 6.45. The number of hydrogen-bond acceptors (Lipinski definition) is 3. The number of halogens is 2. The van der Waals surface area contributed by atoms with Crippen LogP contribution in [-0.2, 0) is 16.1 Å². The van der Waals surface area contributed by atoms with Crippen molar-refractivity contribution in [3.63, 3.8) is 0 Å². The van der Waals surface area contributed by atoms with Crippen LogP contribution in [0.1, 0.15) is 12.0 Å². The Morgan fingerprint density at radius 2 is 2.05 bits per heavy atom. The molecule has 1 aromatic carbocycles. The van der Waals surface area contributed by atoms with Crippen LogP contribution in [0.2, 0.25) is 10.0 Å². The summed E-state index contributed by atoms with van der Waals surface area (Å²) in [7, 11) is 3.44. The van der Waals surface area contributed by atoms with Crippen LogP contribution in [0.3, 0.4) is 0 Å². The van der Waals surface area contributed by atoms with Crippen molar-refractivity contribution in [2.75, 3.05) is 20.7 Å². The highest BCUT2D eigenvalue weighted by Gasteiger charge is 2.31. The fourth-order valence-electron chi connectivity index (χ4n) is 2.39. The van der Waals surface area contributed by atoms with Crippen molar-refractivity contribution >= 4 is 29.1 Å². The van der Waals surface area contributed by atoms with Crippen molar-refractivity contribution < 1.29 is 9.53 Å². The first-order chi connectivity index (χ1) is 9.49. The predicted molar refractivity (Wildman–Crippen MR) is 80.1 cm³/mol. The number of rotatable bonds is 4. The monoisotopic (exact) mass is 316 g/mol. The van der Waals surface area contributed by atoms with Crippen molar-refractivity contribution in [3.05, 3.63) is 33.8 Å². The summed E-state index contributed by atoms with van der Waals surface area (Å²) in [5.74, 6) is 0.0562. The molecule has 2 atom stereocenters. The van der Waals surface area contributed by atoms with Crippen LogP contribution in [0.4, 0.5) is 0 Å². The van der Waals surface area contributed by atoms with E-state index in [2.05, 4.69) is 5.32 Å². The van der Waals surface area contributed by atoms with Gasteiger partial charge >= 0.3 is 0 Å². The molecule has 1 saturated heterocycles. The molecule has 0 aliphatic carbocycles. The number of hydrogen-bond donors (Lipinski definition) is 1. The molecule has 2 rings (SSSR count). The quantitative estimate of drug-likeness (QED) is 0.927. The van der Waals surface area contributed by atoms with Gasteiger partial charge in [0.2, 0.25) is 5.91 Å². The second-order valence-corrected chi connectivity index (χ2v) is 5.90. The van der Waals surface area contributed by atoms with Crippen molar-refractivity contribution in [3.8, 4) is 0 Å². The smallest absolute Gasteiger partial charge is 0.239 e. The minimum Gasteiger partial charge on any atom is -0.380 e. The summed E-state index contributed by atoms with van der Waals surface area (Å²) in [6, 6.07) is 5.13. The van der Waals surface area contributed by atoms with Crippen molar-refractivity contribution in [1.29, 1.82) is 0 Å². The summed E-state index contributed by atoms with van der Waals surface area (Å²) in [6.07, 6.45) is 0.814. The van der Waals surface area contributed by atoms with Gasteiger partial charge in [0.1, 0.15) is 0 Å². The zero-order valence-electron chi connectivity index (χ0n) is 11.5. The van der Waals surface area contributed by atoms with Crippen LogP contribution in [0, 0.1) is 0 Å². The van der Waals surface area contributed by atoms with Gasteiger partial charge in [0.25, 0.3) is 0 Å². The Morgan fingerprint density at radius 1 is 1.40 bits per heavy atom. The van der Waals surface area contributed by atoms with Crippen molar-refractivity contribution in [2.45, 2.75) is 25.1 Å². The SMILES string of the molecule is COC1CNC(C(=O)N(C)Cc2cc(Cl)cc(Cl)c2)C1. The highest BCUT2D eigenvalue weighted by molar-refractivity contribution is 6.34. The Bertz CT molecular complexity index is 476. The fourth-order valence-corrected chi connectivity index (χ4v) is 2.96. The molecule has 20 heavy (non-hydrogen) atoms. The van der Waals surface area contributed by atoms with Gasteiger partial charge in [-0.1, -0.05) is 23.2 Å². The van der Waals surface area contributed by atoms with Gasteiger partial charge in [0.05, 0.1) is 12.1 Å². The van der Waals surface area contributed by atoms with Crippen LogP contribution < -0.4 is 5.32 Å². The Labute approximate surface area is 129 Å². The van der Waals surface area contributed by atoms with E-state index >= 15 is 0 Å².